The molecule has 1 nitrogen and oxygen atoms in total. The van der Waals surface area contributed by atoms with Gasteiger partial charge in [0.2, 0.25) is 0 Å². The van der Waals surface area contributed by atoms with E-state index in [1.54, 1.807) is 12.1 Å². The Morgan fingerprint density at radius 2 is 1.18 bits per heavy atom. The van der Waals surface area contributed by atoms with Gasteiger partial charge in [-0.15, -0.1) is 0 Å². The van der Waals surface area contributed by atoms with Crippen molar-refractivity contribution in [3.05, 3.63) is 35.4 Å². The second-order valence-corrected chi connectivity index (χ2v) is 6.12. The predicted molar refractivity (Wildman–Crippen MR) is 67.3 cm³/mol. The summed E-state index contributed by atoms with van der Waals surface area (Å²) in [6.45, 7) is 8.82. The number of hydrogen-bond donors (Lipinski definition) is 1. The van der Waals surface area contributed by atoms with Crippen LogP contribution in [0.2, 0.25) is 0 Å². The van der Waals surface area contributed by atoms with E-state index in [9.17, 15) is 8.78 Å². The second-order valence-electron chi connectivity index (χ2n) is 6.12. The third-order valence-corrected chi connectivity index (χ3v) is 2.92. The van der Waals surface area contributed by atoms with Crippen LogP contribution >= 0.6 is 0 Å². The fourth-order valence-electron chi connectivity index (χ4n) is 1.55. The summed E-state index contributed by atoms with van der Waals surface area (Å²) in [5, 5.41) is 0. The summed E-state index contributed by atoms with van der Waals surface area (Å²) < 4.78 is 27.9. The van der Waals surface area contributed by atoms with E-state index in [1.165, 1.54) is 26.0 Å². The van der Waals surface area contributed by atoms with Gasteiger partial charge in [0.1, 0.15) is 0 Å². The van der Waals surface area contributed by atoms with Crippen LogP contribution in [0.15, 0.2) is 24.3 Å². The van der Waals surface area contributed by atoms with Gasteiger partial charge in [0.15, 0.2) is 0 Å². The Hall–Kier alpha value is -0.960. The molecule has 0 heterocycles. The van der Waals surface area contributed by atoms with Gasteiger partial charge in [0.05, 0.1) is 5.54 Å². The molecule has 0 fully saturated rings. The lowest BCUT2D eigenvalue weighted by Crippen LogP contribution is -2.48. The lowest BCUT2D eigenvalue weighted by Gasteiger charge is -2.31. The van der Waals surface area contributed by atoms with Crippen LogP contribution in [0.4, 0.5) is 8.78 Å². The Kier molecular flexibility index (Phi) is 3.36. The van der Waals surface area contributed by atoms with E-state index in [2.05, 4.69) is 0 Å². The molecule has 0 aromatic heterocycles. The third kappa shape index (κ3) is 2.83. The van der Waals surface area contributed by atoms with Gasteiger partial charge in [-0.05, 0) is 24.8 Å². The van der Waals surface area contributed by atoms with Gasteiger partial charge >= 0.3 is 0 Å². The molecule has 3 heteroatoms. The summed E-state index contributed by atoms with van der Waals surface area (Å²) in [6.07, 6.45) is 0. The monoisotopic (exact) mass is 241 g/mol. The molecule has 17 heavy (non-hydrogen) atoms. The van der Waals surface area contributed by atoms with Crippen molar-refractivity contribution in [3.8, 4) is 0 Å². The van der Waals surface area contributed by atoms with Crippen molar-refractivity contribution in [3.63, 3.8) is 0 Å². The number of halogens is 2. The zero-order chi connectivity index (χ0) is 13.5. The smallest absolute Gasteiger partial charge is 0.290 e. The van der Waals surface area contributed by atoms with E-state index in [0.717, 1.165) is 5.56 Å². The first kappa shape index (κ1) is 14.1. The van der Waals surface area contributed by atoms with Crippen molar-refractivity contribution >= 4 is 0 Å². The SMILES string of the molecule is CC(C)(C)c1ccc(C(F)(F)C(C)(C)N)cc1. The summed E-state index contributed by atoms with van der Waals surface area (Å²) in [5.41, 5.74) is 4.93. The average molecular weight is 241 g/mol. The Morgan fingerprint density at radius 1 is 0.824 bits per heavy atom. The van der Waals surface area contributed by atoms with Crippen molar-refractivity contribution in [2.75, 3.05) is 0 Å². The molecular formula is C14H21F2N. The number of benzene rings is 1. The first-order chi connectivity index (χ1) is 7.46. The van der Waals surface area contributed by atoms with Crippen LogP contribution < -0.4 is 5.73 Å². The zero-order valence-corrected chi connectivity index (χ0v) is 11.1. The number of rotatable bonds is 2. The van der Waals surface area contributed by atoms with E-state index < -0.39 is 11.5 Å². The second kappa shape index (κ2) is 4.05. The van der Waals surface area contributed by atoms with Gasteiger partial charge in [-0.25, -0.2) is 0 Å². The van der Waals surface area contributed by atoms with Gasteiger partial charge in [-0.3, -0.25) is 0 Å². The van der Waals surface area contributed by atoms with E-state index in [-0.39, 0.29) is 11.0 Å². The molecule has 0 saturated heterocycles. The lowest BCUT2D eigenvalue weighted by atomic mass is 9.84. The first-order valence-electron chi connectivity index (χ1n) is 5.74. The van der Waals surface area contributed by atoms with Crippen LogP contribution in [-0.4, -0.2) is 5.54 Å². The maximum Gasteiger partial charge on any atom is 0.290 e. The topological polar surface area (TPSA) is 26.0 Å². The summed E-state index contributed by atoms with van der Waals surface area (Å²) in [7, 11) is 0. The maximum absolute atomic E-state index is 14.0. The average Bonchev–Trinajstić information content (AvgIpc) is 2.15. The number of nitrogens with two attached hydrogens (primary N) is 1. The van der Waals surface area contributed by atoms with E-state index >= 15 is 0 Å². The fourth-order valence-corrected chi connectivity index (χ4v) is 1.55. The van der Waals surface area contributed by atoms with Crippen LogP contribution in [0.25, 0.3) is 0 Å². The summed E-state index contributed by atoms with van der Waals surface area (Å²) >= 11 is 0. The van der Waals surface area contributed by atoms with Crippen LogP contribution in [0.3, 0.4) is 0 Å². The minimum absolute atomic E-state index is 0.0296. The van der Waals surface area contributed by atoms with Crippen molar-refractivity contribution < 1.29 is 8.78 Å². The molecule has 0 atom stereocenters. The molecule has 0 spiro atoms. The maximum atomic E-state index is 14.0. The van der Waals surface area contributed by atoms with E-state index in [1.807, 2.05) is 20.8 Å². The minimum atomic E-state index is -3.02. The molecule has 1 rings (SSSR count). The molecule has 0 aliphatic rings. The highest BCUT2D eigenvalue weighted by molar-refractivity contribution is 5.31. The number of hydrogen-bond acceptors (Lipinski definition) is 1. The quantitative estimate of drug-likeness (QED) is 0.837. The van der Waals surface area contributed by atoms with E-state index in [4.69, 9.17) is 5.73 Å². The summed E-state index contributed by atoms with van der Waals surface area (Å²) in [4.78, 5) is 0. The van der Waals surface area contributed by atoms with Crippen molar-refractivity contribution in [1.82, 2.24) is 0 Å². The molecule has 0 unspecified atom stereocenters. The Labute approximate surface area is 102 Å². The van der Waals surface area contributed by atoms with E-state index in [0.29, 0.717) is 0 Å². The highest BCUT2D eigenvalue weighted by atomic mass is 19.3. The highest BCUT2D eigenvalue weighted by Crippen LogP contribution is 2.37. The molecule has 0 saturated carbocycles. The molecule has 0 amide bonds. The van der Waals surface area contributed by atoms with Crippen molar-refractivity contribution in [2.24, 2.45) is 5.73 Å². The molecule has 96 valence electrons. The standard InChI is InChI=1S/C14H21F2N/c1-12(2,3)10-6-8-11(9-7-10)14(15,16)13(4,5)17/h6-9H,17H2,1-5H3. The van der Waals surface area contributed by atoms with Crippen molar-refractivity contribution in [2.45, 2.75) is 51.5 Å². The lowest BCUT2D eigenvalue weighted by molar-refractivity contribution is -0.0672. The van der Waals surface area contributed by atoms with Gasteiger partial charge in [-0.2, -0.15) is 8.78 Å². The zero-order valence-electron chi connectivity index (χ0n) is 11.1. The molecule has 2 N–H and O–H groups in total. The molecule has 0 aliphatic heterocycles. The molecule has 1 aromatic rings. The minimum Gasteiger partial charge on any atom is -0.320 e. The van der Waals surface area contributed by atoms with Gasteiger partial charge in [0, 0.05) is 5.56 Å². The molecule has 0 aliphatic carbocycles. The molecule has 1 aromatic carbocycles. The largest absolute Gasteiger partial charge is 0.320 e. The van der Waals surface area contributed by atoms with Crippen LogP contribution in [0, 0.1) is 0 Å². The first-order valence-corrected chi connectivity index (χ1v) is 5.74. The summed E-state index contributed by atoms with van der Waals surface area (Å²) in [5.74, 6) is -3.02. The predicted octanol–water partition coefficient (Wildman–Crippen LogP) is 3.81. The molecule has 0 bridgehead atoms. The Morgan fingerprint density at radius 3 is 1.47 bits per heavy atom. The van der Waals surface area contributed by atoms with Gasteiger partial charge in [0.25, 0.3) is 5.92 Å². The fraction of sp³-hybridized carbons (Fsp3) is 0.571. The third-order valence-electron chi connectivity index (χ3n) is 2.92. The van der Waals surface area contributed by atoms with Crippen molar-refractivity contribution in [1.29, 1.82) is 0 Å². The Bertz CT molecular complexity index is 380. The molecular weight excluding hydrogens is 220 g/mol. The normalized spacial score (nSPS) is 13.9. The van der Waals surface area contributed by atoms with Gasteiger partial charge in [-0.1, -0.05) is 45.0 Å². The number of alkyl halides is 2. The van der Waals surface area contributed by atoms with Crippen LogP contribution in [-0.2, 0) is 11.3 Å². The van der Waals surface area contributed by atoms with Crippen LogP contribution in [0.1, 0.15) is 45.7 Å². The van der Waals surface area contributed by atoms with Crippen LogP contribution in [0.5, 0.6) is 0 Å². The highest BCUT2D eigenvalue weighted by Gasteiger charge is 2.45. The summed E-state index contributed by atoms with van der Waals surface area (Å²) in [6, 6.07) is 6.42. The van der Waals surface area contributed by atoms with Gasteiger partial charge < -0.3 is 5.73 Å². The molecule has 0 radical (unpaired) electrons. The Balaban J connectivity index is 3.12.